The summed E-state index contributed by atoms with van der Waals surface area (Å²) in [5, 5.41) is 14.6. The first-order valence-electron chi connectivity index (χ1n) is 11.8. The van der Waals surface area contributed by atoms with Crippen LogP contribution in [0.1, 0.15) is 49.3 Å². The summed E-state index contributed by atoms with van der Waals surface area (Å²) in [5.41, 5.74) is 3.03. The van der Waals surface area contributed by atoms with Crippen molar-refractivity contribution in [3.05, 3.63) is 97.0 Å². The molecule has 1 aliphatic carbocycles. The predicted molar refractivity (Wildman–Crippen MR) is 141 cm³/mol. The molecule has 2 N–H and O–H groups in total. The van der Waals surface area contributed by atoms with Gasteiger partial charge < -0.3 is 15.0 Å². The zero-order valence-electron chi connectivity index (χ0n) is 20.7. The fourth-order valence-electron chi connectivity index (χ4n) is 4.96. The number of Topliss-reactive ketones (excluding diaryl/α,β-unsaturated/α-hetero) is 1. The Morgan fingerprint density at radius 2 is 1.81 bits per heavy atom. The van der Waals surface area contributed by atoms with Gasteiger partial charge in [-0.05, 0) is 35.1 Å². The van der Waals surface area contributed by atoms with Gasteiger partial charge in [-0.15, -0.1) is 0 Å². The van der Waals surface area contributed by atoms with E-state index in [1.807, 2.05) is 24.3 Å². The number of ether oxygens (including phenoxy) is 1. The molecule has 3 aromatic rings. The Labute approximate surface area is 217 Å². The number of carbonyl (C=O) groups excluding carboxylic acids is 1. The van der Waals surface area contributed by atoms with E-state index in [2.05, 4.69) is 24.1 Å². The van der Waals surface area contributed by atoms with Gasteiger partial charge in [-0.1, -0.05) is 49.9 Å². The number of fused-ring (bicyclic) bond motifs is 1. The van der Waals surface area contributed by atoms with E-state index in [1.54, 1.807) is 19.2 Å². The third-order valence-electron chi connectivity index (χ3n) is 6.67. The lowest BCUT2D eigenvalue weighted by Crippen LogP contribution is -2.37. The summed E-state index contributed by atoms with van der Waals surface area (Å²) in [7, 11) is 1.59. The second-order valence-electron chi connectivity index (χ2n) is 10.0. The molecular formula is C27H26N4O5S. The van der Waals surface area contributed by atoms with Crippen molar-refractivity contribution in [1.29, 1.82) is 0 Å². The Morgan fingerprint density at radius 3 is 2.46 bits per heavy atom. The highest BCUT2D eigenvalue weighted by Gasteiger charge is 2.42. The molecule has 0 fully saturated rings. The maximum atomic E-state index is 13.4. The summed E-state index contributed by atoms with van der Waals surface area (Å²) in [6.07, 6.45) is 1.07. The Bertz CT molecular complexity index is 1480. The SMILES string of the molecule is COc1ccc(C2C3=C(CC(C)(C)CC3=O)Nc3nc(SCc4ccc([N+](=O)[O-])cc4)[nH]c(=O)c32)cc1. The minimum Gasteiger partial charge on any atom is -0.497 e. The van der Waals surface area contributed by atoms with Gasteiger partial charge in [0, 0.05) is 41.5 Å². The lowest BCUT2D eigenvalue weighted by Gasteiger charge is -2.38. The monoisotopic (exact) mass is 518 g/mol. The van der Waals surface area contributed by atoms with Gasteiger partial charge in [0.2, 0.25) is 0 Å². The van der Waals surface area contributed by atoms with Crippen molar-refractivity contribution in [2.75, 3.05) is 12.4 Å². The van der Waals surface area contributed by atoms with E-state index in [1.165, 1.54) is 23.9 Å². The van der Waals surface area contributed by atoms with Crippen LogP contribution in [0.25, 0.3) is 0 Å². The van der Waals surface area contributed by atoms with E-state index in [9.17, 15) is 19.7 Å². The van der Waals surface area contributed by atoms with E-state index >= 15 is 0 Å². The number of nitro groups is 1. The standard InChI is InChI=1S/C27H26N4O5S/c1-27(2)12-19-22(20(32)13-27)21(16-6-10-18(36-3)11-7-16)23-24(28-19)29-26(30-25(23)33)37-14-15-4-8-17(9-5-15)31(34)35/h4-11,21H,12-14H2,1-3H3,(H2,28,29,30,33). The smallest absolute Gasteiger partial charge is 0.269 e. The number of aromatic nitrogens is 2. The first kappa shape index (κ1) is 24.8. The second kappa shape index (κ2) is 9.51. The topological polar surface area (TPSA) is 127 Å². The number of benzene rings is 2. The Hall–Kier alpha value is -3.92. The molecule has 1 unspecified atom stereocenters. The molecule has 2 aromatic carbocycles. The highest BCUT2D eigenvalue weighted by molar-refractivity contribution is 7.98. The first-order valence-corrected chi connectivity index (χ1v) is 12.8. The lowest BCUT2D eigenvalue weighted by atomic mass is 9.69. The van der Waals surface area contributed by atoms with Crippen LogP contribution in [0.2, 0.25) is 0 Å². The molecule has 1 aliphatic heterocycles. The lowest BCUT2D eigenvalue weighted by molar-refractivity contribution is -0.384. The normalized spacial score (nSPS) is 18.0. The molecule has 9 nitrogen and oxygen atoms in total. The fraction of sp³-hybridized carbons (Fsp3) is 0.296. The Balaban J connectivity index is 1.52. The van der Waals surface area contributed by atoms with Gasteiger partial charge in [-0.3, -0.25) is 19.7 Å². The summed E-state index contributed by atoms with van der Waals surface area (Å²) in [4.78, 5) is 44.9. The quantitative estimate of drug-likeness (QED) is 0.198. The molecule has 1 atom stereocenters. The van der Waals surface area contributed by atoms with Crippen LogP contribution in [-0.4, -0.2) is 27.8 Å². The van der Waals surface area contributed by atoms with Gasteiger partial charge in [0.05, 0.1) is 17.6 Å². The zero-order valence-corrected chi connectivity index (χ0v) is 21.5. The molecule has 2 aliphatic rings. The number of methoxy groups -OCH3 is 1. The highest BCUT2D eigenvalue weighted by Crippen LogP contribution is 2.47. The van der Waals surface area contributed by atoms with Gasteiger partial charge in [-0.25, -0.2) is 4.98 Å². The molecule has 10 heteroatoms. The van der Waals surface area contributed by atoms with Crippen LogP contribution < -0.4 is 15.6 Å². The summed E-state index contributed by atoms with van der Waals surface area (Å²) in [6.45, 7) is 4.12. The van der Waals surface area contributed by atoms with E-state index in [0.29, 0.717) is 46.5 Å². The van der Waals surface area contributed by atoms with Crippen molar-refractivity contribution in [1.82, 2.24) is 9.97 Å². The minimum atomic E-state index is -0.536. The molecule has 0 saturated heterocycles. The third-order valence-corrected chi connectivity index (χ3v) is 7.62. The van der Waals surface area contributed by atoms with Crippen LogP contribution in [0, 0.1) is 15.5 Å². The number of nitrogens with zero attached hydrogens (tertiary/aromatic N) is 2. The van der Waals surface area contributed by atoms with Crippen LogP contribution in [0.4, 0.5) is 11.5 Å². The average Bonchev–Trinajstić information content (AvgIpc) is 2.85. The van der Waals surface area contributed by atoms with Crippen LogP contribution in [0.15, 0.2) is 69.8 Å². The number of ketones is 1. The van der Waals surface area contributed by atoms with Crippen LogP contribution in [0.5, 0.6) is 5.75 Å². The molecular weight excluding hydrogens is 492 g/mol. The number of non-ortho nitro benzene ring substituents is 1. The molecule has 0 saturated carbocycles. The Morgan fingerprint density at radius 1 is 1.11 bits per heavy atom. The first-order chi connectivity index (χ1) is 17.6. The minimum absolute atomic E-state index is 0.0249. The molecule has 1 aromatic heterocycles. The number of rotatable bonds is 6. The van der Waals surface area contributed by atoms with Gasteiger partial charge >= 0.3 is 0 Å². The van der Waals surface area contributed by atoms with Crippen LogP contribution in [0.3, 0.4) is 0 Å². The number of nitro benzene ring substituents is 1. The number of aromatic amines is 1. The number of carbonyl (C=O) groups is 1. The maximum Gasteiger partial charge on any atom is 0.269 e. The van der Waals surface area contributed by atoms with Gasteiger partial charge in [0.1, 0.15) is 11.6 Å². The predicted octanol–water partition coefficient (Wildman–Crippen LogP) is 5.18. The third kappa shape index (κ3) is 4.89. The molecule has 0 amide bonds. The van der Waals surface area contributed by atoms with E-state index in [4.69, 9.17) is 9.72 Å². The van der Waals surface area contributed by atoms with Crippen molar-refractivity contribution < 1.29 is 14.5 Å². The summed E-state index contributed by atoms with van der Waals surface area (Å²) >= 11 is 1.33. The van der Waals surface area contributed by atoms with Crippen molar-refractivity contribution in [3.8, 4) is 5.75 Å². The highest BCUT2D eigenvalue weighted by atomic mass is 32.2. The second-order valence-corrected chi connectivity index (χ2v) is 11.0. The van der Waals surface area contributed by atoms with Gasteiger partial charge in [-0.2, -0.15) is 0 Å². The average molecular weight is 519 g/mol. The summed E-state index contributed by atoms with van der Waals surface area (Å²) < 4.78 is 5.29. The molecule has 37 heavy (non-hydrogen) atoms. The van der Waals surface area contributed by atoms with Crippen molar-refractivity contribution in [3.63, 3.8) is 0 Å². The molecule has 0 bridgehead atoms. The molecule has 5 rings (SSSR count). The molecule has 0 radical (unpaired) electrons. The number of H-pyrrole nitrogens is 1. The van der Waals surface area contributed by atoms with E-state index < -0.39 is 10.8 Å². The van der Waals surface area contributed by atoms with E-state index in [-0.39, 0.29) is 22.4 Å². The number of allylic oxidation sites excluding steroid dienone is 2. The van der Waals surface area contributed by atoms with Crippen LogP contribution in [-0.2, 0) is 10.5 Å². The summed E-state index contributed by atoms with van der Waals surface area (Å²) in [6, 6.07) is 13.7. The summed E-state index contributed by atoms with van der Waals surface area (Å²) in [5.74, 6) is 1.10. The zero-order chi connectivity index (χ0) is 26.3. The van der Waals surface area contributed by atoms with Gasteiger partial charge in [0.25, 0.3) is 11.2 Å². The van der Waals surface area contributed by atoms with E-state index in [0.717, 1.165) is 16.8 Å². The molecule has 0 spiro atoms. The molecule has 2 heterocycles. The van der Waals surface area contributed by atoms with Gasteiger partial charge in [0.15, 0.2) is 10.9 Å². The number of hydrogen-bond acceptors (Lipinski definition) is 8. The maximum absolute atomic E-state index is 13.4. The van der Waals surface area contributed by atoms with Crippen LogP contribution >= 0.6 is 11.8 Å². The number of anilines is 1. The Kier molecular flexibility index (Phi) is 6.36. The number of hydrogen-bond donors (Lipinski definition) is 2. The number of nitrogens with one attached hydrogen (secondary N) is 2. The number of thioether (sulfide) groups is 1. The largest absolute Gasteiger partial charge is 0.497 e. The van der Waals surface area contributed by atoms with Crippen molar-refractivity contribution >= 4 is 29.1 Å². The van der Waals surface area contributed by atoms with Crippen molar-refractivity contribution in [2.24, 2.45) is 5.41 Å². The molecule has 190 valence electrons. The fourth-order valence-corrected chi connectivity index (χ4v) is 5.77. The van der Waals surface area contributed by atoms with Crippen molar-refractivity contribution in [2.45, 2.75) is 43.5 Å².